The van der Waals surface area contributed by atoms with E-state index < -0.39 is 0 Å². The van der Waals surface area contributed by atoms with Crippen molar-refractivity contribution in [2.45, 2.75) is 32.2 Å². The molecule has 0 aliphatic carbocycles. The minimum Gasteiger partial charge on any atom is -0.491 e. The van der Waals surface area contributed by atoms with Crippen molar-refractivity contribution in [2.24, 2.45) is 0 Å². The summed E-state index contributed by atoms with van der Waals surface area (Å²) in [6, 6.07) is 5.87. The van der Waals surface area contributed by atoms with Gasteiger partial charge in [-0.2, -0.15) is 0 Å². The topological polar surface area (TPSA) is 76.4 Å². The van der Waals surface area contributed by atoms with Crippen LogP contribution in [0.15, 0.2) is 18.2 Å². The molecule has 1 fully saturated rings. The second-order valence-electron chi connectivity index (χ2n) is 4.79. The standard InChI is InChI=1S/C14H21N3O2/c1-2-7-19-13-8-10(3-5-12(13)15)16-9-11-4-6-14(18)17-11/h3,5,8,11,16H,2,4,6-7,9,15H2,1H3,(H,17,18). The van der Waals surface area contributed by atoms with E-state index in [1.807, 2.05) is 18.2 Å². The molecule has 1 saturated heterocycles. The van der Waals surface area contributed by atoms with E-state index in [2.05, 4.69) is 17.6 Å². The zero-order valence-electron chi connectivity index (χ0n) is 11.2. The van der Waals surface area contributed by atoms with Gasteiger partial charge in [-0.1, -0.05) is 6.92 Å². The molecule has 5 heteroatoms. The van der Waals surface area contributed by atoms with E-state index in [9.17, 15) is 4.79 Å². The van der Waals surface area contributed by atoms with Gasteiger partial charge in [0.05, 0.1) is 12.3 Å². The van der Waals surface area contributed by atoms with Crippen LogP contribution in [-0.2, 0) is 4.79 Å². The lowest BCUT2D eigenvalue weighted by molar-refractivity contribution is -0.119. The maximum Gasteiger partial charge on any atom is 0.220 e. The molecule has 5 nitrogen and oxygen atoms in total. The van der Waals surface area contributed by atoms with Crippen molar-refractivity contribution in [1.29, 1.82) is 0 Å². The average molecular weight is 263 g/mol. The van der Waals surface area contributed by atoms with Gasteiger partial charge in [0, 0.05) is 30.8 Å². The Kier molecular flexibility index (Phi) is 4.49. The lowest BCUT2D eigenvalue weighted by atomic mass is 10.2. The van der Waals surface area contributed by atoms with Crippen LogP contribution in [0.4, 0.5) is 11.4 Å². The second kappa shape index (κ2) is 6.31. The molecule has 1 atom stereocenters. The van der Waals surface area contributed by atoms with Crippen molar-refractivity contribution in [3.8, 4) is 5.75 Å². The van der Waals surface area contributed by atoms with E-state index in [0.717, 1.165) is 25.1 Å². The van der Waals surface area contributed by atoms with E-state index in [0.29, 0.717) is 24.5 Å². The largest absolute Gasteiger partial charge is 0.491 e. The van der Waals surface area contributed by atoms with Crippen LogP contribution in [0.25, 0.3) is 0 Å². The number of benzene rings is 1. The average Bonchev–Trinajstić information content (AvgIpc) is 2.82. The third-order valence-electron chi connectivity index (χ3n) is 3.11. The number of hydrogen-bond donors (Lipinski definition) is 3. The van der Waals surface area contributed by atoms with Gasteiger partial charge in [-0.15, -0.1) is 0 Å². The Morgan fingerprint density at radius 1 is 1.53 bits per heavy atom. The number of nitrogen functional groups attached to an aromatic ring is 1. The molecule has 1 heterocycles. The minimum atomic E-state index is 0.135. The third-order valence-corrected chi connectivity index (χ3v) is 3.11. The predicted octanol–water partition coefficient (Wildman–Crippen LogP) is 1.75. The Morgan fingerprint density at radius 3 is 3.05 bits per heavy atom. The molecule has 1 aliphatic rings. The maximum atomic E-state index is 11.1. The van der Waals surface area contributed by atoms with Gasteiger partial charge in [0.15, 0.2) is 0 Å². The molecular weight excluding hydrogens is 242 g/mol. The van der Waals surface area contributed by atoms with E-state index in [1.54, 1.807) is 0 Å². The molecule has 2 rings (SSSR count). The highest BCUT2D eigenvalue weighted by Gasteiger charge is 2.20. The third kappa shape index (κ3) is 3.77. The van der Waals surface area contributed by atoms with Gasteiger partial charge in [-0.05, 0) is 25.0 Å². The molecule has 1 aliphatic heterocycles. The second-order valence-corrected chi connectivity index (χ2v) is 4.79. The Labute approximate surface area is 113 Å². The van der Waals surface area contributed by atoms with Gasteiger partial charge >= 0.3 is 0 Å². The number of nitrogens with one attached hydrogen (secondary N) is 2. The van der Waals surface area contributed by atoms with Gasteiger partial charge in [-0.3, -0.25) is 4.79 Å². The molecule has 104 valence electrons. The highest BCUT2D eigenvalue weighted by Crippen LogP contribution is 2.25. The first kappa shape index (κ1) is 13.5. The molecule has 0 aromatic heterocycles. The Morgan fingerprint density at radius 2 is 2.37 bits per heavy atom. The number of amides is 1. The first-order valence-corrected chi connectivity index (χ1v) is 6.74. The molecule has 0 radical (unpaired) electrons. The minimum absolute atomic E-state index is 0.135. The van der Waals surface area contributed by atoms with Crippen molar-refractivity contribution in [3.05, 3.63) is 18.2 Å². The summed E-state index contributed by atoms with van der Waals surface area (Å²) in [6.45, 7) is 3.44. The highest BCUT2D eigenvalue weighted by atomic mass is 16.5. The number of rotatable bonds is 6. The van der Waals surface area contributed by atoms with Crippen molar-refractivity contribution in [2.75, 3.05) is 24.2 Å². The first-order chi connectivity index (χ1) is 9.19. The van der Waals surface area contributed by atoms with Crippen molar-refractivity contribution in [1.82, 2.24) is 5.32 Å². The van der Waals surface area contributed by atoms with Gasteiger partial charge in [0.2, 0.25) is 5.91 Å². The number of ether oxygens (including phenoxy) is 1. The van der Waals surface area contributed by atoms with Gasteiger partial charge in [0.25, 0.3) is 0 Å². The van der Waals surface area contributed by atoms with Crippen LogP contribution in [0.1, 0.15) is 26.2 Å². The summed E-state index contributed by atoms with van der Waals surface area (Å²) in [7, 11) is 0. The van der Waals surface area contributed by atoms with Crippen LogP contribution in [0.3, 0.4) is 0 Å². The molecule has 19 heavy (non-hydrogen) atoms. The quantitative estimate of drug-likeness (QED) is 0.683. The van der Waals surface area contributed by atoms with Crippen LogP contribution < -0.4 is 21.1 Å². The molecule has 1 unspecified atom stereocenters. The fraction of sp³-hybridized carbons (Fsp3) is 0.500. The number of hydrogen-bond acceptors (Lipinski definition) is 4. The SMILES string of the molecule is CCCOc1cc(NCC2CCC(=O)N2)ccc1N. The lowest BCUT2D eigenvalue weighted by Crippen LogP contribution is -2.31. The number of carbonyl (C=O) groups excluding carboxylic acids is 1. The van der Waals surface area contributed by atoms with Gasteiger partial charge in [-0.25, -0.2) is 0 Å². The summed E-state index contributed by atoms with van der Waals surface area (Å²) in [6.07, 6.45) is 2.46. The van der Waals surface area contributed by atoms with Crippen molar-refractivity contribution < 1.29 is 9.53 Å². The zero-order valence-corrected chi connectivity index (χ0v) is 11.2. The zero-order chi connectivity index (χ0) is 13.7. The van der Waals surface area contributed by atoms with Gasteiger partial charge in [0.1, 0.15) is 5.75 Å². The Balaban J connectivity index is 1.91. The van der Waals surface area contributed by atoms with Crippen LogP contribution in [-0.4, -0.2) is 25.1 Å². The Bertz CT molecular complexity index is 448. The monoisotopic (exact) mass is 263 g/mol. The molecule has 4 N–H and O–H groups in total. The predicted molar refractivity (Wildman–Crippen MR) is 76.3 cm³/mol. The van der Waals surface area contributed by atoms with Gasteiger partial charge < -0.3 is 21.1 Å². The van der Waals surface area contributed by atoms with Crippen molar-refractivity contribution in [3.63, 3.8) is 0 Å². The molecule has 0 bridgehead atoms. The molecule has 1 amide bonds. The summed E-state index contributed by atoms with van der Waals surface area (Å²) in [5.41, 5.74) is 7.46. The molecule has 1 aromatic carbocycles. The summed E-state index contributed by atoms with van der Waals surface area (Å²) < 4.78 is 5.58. The van der Waals surface area contributed by atoms with E-state index in [4.69, 9.17) is 10.5 Å². The maximum absolute atomic E-state index is 11.1. The molecule has 0 spiro atoms. The van der Waals surface area contributed by atoms with Crippen LogP contribution in [0.5, 0.6) is 5.75 Å². The lowest BCUT2D eigenvalue weighted by Gasteiger charge is -2.14. The fourth-order valence-electron chi connectivity index (χ4n) is 2.05. The van der Waals surface area contributed by atoms with Crippen LogP contribution in [0, 0.1) is 0 Å². The highest BCUT2D eigenvalue weighted by molar-refractivity contribution is 5.78. The van der Waals surface area contributed by atoms with E-state index in [1.165, 1.54) is 0 Å². The fourth-order valence-corrected chi connectivity index (χ4v) is 2.05. The number of anilines is 2. The normalized spacial score (nSPS) is 18.2. The van der Waals surface area contributed by atoms with Crippen LogP contribution in [0.2, 0.25) is 0 Å². The van der Waals surface area contributed by atoms with E-state index >= 15 is 0 Å². The summed E-state index contributed by atoms with van der Waals surface area (Å²) >= 11 is 0. The molecular formula is C14H21N3O2. The Hall–Kier alpha value is -1.91. The van der Waals surface area contributed by atoms with Crippen LogP contribution >= 0.6 is 0 Å². The van der Waals surface area contributed by atoms with Crippen molar-refractivity contribution >= 4 is 17.3 Å². The first-order valence-electron chi connectivity index (χ1n) is 6.74. The smallest absolute Gasteiger partial charge is 0.220 e. The number of nitrogens with two attached hydrogens (primary N) is 1. The van der Waals surface area contributed by atoms with E-state index in [-0.39, 0.29) is 11.9 Å². The molecule has 0 saturated carbocycles. The summed E-state index contributed by atoms with van der Waals surface area (Å²) in [4.78, 5) is 11.1. The summed E-state index contributed by atoms with van der Waals surface area (Å²) in [5.74, 6) is 0.846. The molecule has 1 aromatic rings. The number of carbonyl (C=O) groups is 1. The summed E-state index contributed by atoms with van der Waals surface area (Å²) in [5, 5.41) is 6.23.